The van der Waals surface area contributed by atoms with Gasteiger partial charge in [0.25, 0.3) is 5.91 Å². The third-order valence-corrected chi connectivity index (χ3v) is 1.81. The molecule has 0 saturated heterocycles. The number of amides is 1. The molecule has 1 unspecified atom stereocenters. The molecule has 0 aliphatic rings. The molecule has 0 aromatic carbocycles. The van der Waals surface area contributed by atoms with E-state index in [2.05, 4.69) is 14.6 Å². The molecule has 0 fully saturated rings. The summed E-state index contributed by atoms with van der Waals surface area (Å²) in [4.78, 5) is 11.2. The van der Waals surface area contributed by atoms with Gasteiger partial charge in [0.2, 0.25) is 5.89 Å². The molecule has 0 aliphatic carbocycles. The van der Waals surface area contributed by atoms with Crippen LogP contribution < -0.4 is 11.1 Å². The second-order valence-corrected chi connectivity index (χ2v) is 3.28. The van der Waals surface area contributed by atoms with Gasteiger partial charge in [0.05, 0.1) is 0 Å². The fraction of sp³-hybridized carbons (Fsp3) is 0.571. The van der Waals surface area contributed by atoms with Gasteiger partial charge in [-0.3, -0.25) is 10.1 Å². The van der Waals surface area contributed by atoms with E-state index in [1.807, 2.05) is 0 Å². The lowest BCUT2D eigenvalue weighted by molar-refractivity contribution is -0.184. The highest BCUT2D eigenvalue weighted by molar-refractivity contribution is 5.96. The predicted octanol–water partition coefficient (Wildman–Crippen LogP) is 0.596. The van der Waals surface area contributed by atoms with Crippen LogP contribution in [-0.2, 0) is 4.79 Å². The zero-order chi connectivity index (χ0) is 12.6. The minimum atomic E-state index is -4.87. The Labute approximate surface area is 88.0 Å². The highest BCUT2D eigenvalue weighted by atomic mass is 19.4. The number of hydrogen-bond acceptors (Lipinski definition) is 5. The predicted molar refractivity (Wildman–Crippen MR) is 46.3 cm³/mol. The molecule has 9 heteroatoms. The average molecular weight is 238 g/mol. The Morgan fingerprint density at radius 1 is 1.44 bits per heavy atom. The summed E-state index contributed by atoms with van der Waals surface area (Å²) in [6.07, 6.45) is -4.87. The van der Waals surface area contributed by atoms with Crippen molar-refractivity contribution in [2.75, 3.05) is 5.32 Å². The Kier molecular flexibility index (Phi) is 2.91. The van der Waals surface area contributed by atoms with Crippen molar-refractivity contribution >= 4 is 11.9 Å². The van der Waals surface area contributed by atoms with Crippen LogP contribution in [0.15, 0.2) is 4.42 Å². The van der Waals surface area contributed by atoms with Gasteiger partial charge >= 0.3 is 12.2 Å². The Morgan fingerprint density at radius 2 is 2.00 bits per heavy atom. The van der Waals surface area contributed by atoms with E-state index >= 15 is 0 Å². The number of nitrogens with one attached hydrogen (secondary N) is 1. The molecule has 1 rings (SSSR count). The van der Waals surface area contributed by atoms with Crippen molar-refractivity contribution in [1.82, 2.24) is 10.2 Å². The lowest BCUT2D eigenvalue weighted by Crippen LogP contribution is -2.59. The number of nitrogens with two attached hydrogens (primary N) is 1. The normalized spacial score (nSPS) is 15.6. The van der Waals surface area contributed by atoms with Gasteiger partial charge in [0.1, 0.15) is 0 Å². The van der Waals surface area contributed by atoms with Crippen molar-refractivity contribution < 1.29 is 22.4 Å². The Hall–Kier alpha value is -1.64. The van der Waals surface area contributed by atoms with Gasteiger partial charge < -0.3 is 10.2 Å². The fourth-order valence-corrected chi connectivity index (χ4v) is 0.703. The van der Waals surface area contributed by atoms with Crippen molar-refractivity contribution in [2.24, 2.45) is 5.73 Å². The van der Waals surface area contributed by atoms with Gasteiger partial charge in [-0.25, -0.2) is 0 Å². The van der Waals surface area contributed by atoms with Gasteiger partial charge in [-0.15, -0.1) is 5.10 Å². The van der Waals surface area contributed by atoms with E-state index in [1.165, 1.54) is 6.92 Å². The first-order valence-corrected chi connectivity index (χ1v) is 4.12. The van der Waals surface area contributed by atoms with Crippen LogP contribution in [-0.4, -0.2) is 27.8 Å². The molecule has 0 radical (unpaired) electrons. The van der Waals surface area contributed by atoms with Crippen molar-refractivity contribution in [2.45, 2.75) is 25.6 Å². The van der Waals surface area contributed by atoms with E-state index in [4.69, 9.17) is 5.73 Å². The summed E-state index contributed by atoms with van der Waals surface area (Å²) < 4.78 is 41.7. The van der Waals surface area contributed by atoms with Gasteiger partial charge in [-0.1, -0.05) is 5.10 Å². The van der Waals surface area contributed by atoms with E-state index in [-0.39, 0.29) is 5.89 Å². The molecular formula is C7H9F3N4O2. The van der Waals surface area contributed by atoms with E-state index in [9.17, 15) is 18.0 Å². The van der Waals surface area contributed by atoms with Gasteiger partial charge in [0, 0.05) is 6.92 Å². The molecule has 0 saturated carbocycles. The van der Waals surface area contributed by atoms with Crippen LogP contribution in [0.5, 0.6) is 0 Å². The summed E-state index contributed by atoms with van der Waals surface area (Å²) in [5.74, 6) is -1.36. The van der Waals surface area contributed by atoms with Crippen molar-refractivity contribution in [3.63, 3.8) is 0 Å². The zero-order valence-electron chi connectivity index (χ0n) is 8.42. The van der Waals surface area contributed by atoms with E-state index in [0.29, 0.717) is 6.92 Å². The molecule has 0 spiro atoms. The second-order valence-electron chi connectivity index (χ2n) is 3.28. The monoisotopic (exact) mass is 238 g/mol. The molecule has 6 nitrogen and oxygen atoms in total. The Bertz CT molecular complexity index is 399. The smallest absolute Gasteiger partial charge is 0.408 e. The quantitative estimate of drug-likeness (QED) is 0.786. The molecular weight excluding hydrogens is 229 g/mol. The third kappa shape index (κ3) is 2.30. The van der Waals surface area contributed by atoms with Crippen LogP contribution in [0, 0.1) is 6.92 Å². The zero-order valence-corrected chi connectivity index (χ0v) is 8.42. The van der Waals surface area contributed by atoms with Crippen molar-refractivity contribution in [1.29, 1.82) is 0 Å². The SMILES string of the molecule is Cc1nnc(NC(=O)C(C)(N)C(F)(F)F)o1. The van der Waals surface area contributed by atoms with Crippen LogP contribution in [0.3, 0.4) is 0 Å². The molecule has 16 heavy (non-hydrogen) atoms. The number of rotatable bonds is 2. The summed E-state index contributed by atoms with van der Waals surface area (Å²) >= 11 is 0. The number of carbonyl (C=O) groups excluding carboxylic acids is 1. The van der Waals surface area contributed by atoms with Crippen molar-refractivity contribution in [3.8, 4) is 0 Å². The minimum absolute atomic E-state index is 0.112. The molecule has 1 aromatic rings. The molecule has 1 heterocycles. The minimum Gasteiger partial charge on any atom is -0.408 e. The van der Waals surface area contributed by atoms with E-state index in [1.54, 1.807) is 5.32 Å². The van der Waals surface area contributed by atoms with Crippen LogP contribution >= 0.6 is 0 Å². The number of alkyl halides is 3. The largest absolute Gasteiger partial charge is 0.415 e. The summed E-state index contributed by atoms with van der Waals surface area (Å²) in [5, 5.41) is 8.43. The second kappa shape index (κ2) is 3.74. The first-order valence-electron chi connectivity index (χ1n) is 4.12. The van der Waals surface area contributed by atoms with E-state index < -0.39 is 23.6 Å². The molecule has 90 valence electrons. The lowest BCUT2D eigenvalue weighted by Gasteiger charge is -2.25. The molecule has 1 aromatic heterocycles. The van der Waals surface area contributed by atoms with Crippen molar-refractivity contribution in [3.05, 3.63) is 5.89 Å². The maximum atomic E-state index is 12.3. The first-order chi connectivity index (χ1) is 7.14. The maximum absolute atomic E-state index is 12.3. The molecule has 0 bridgehead atoms. The Morgan fingerprint density at radius 3 is 2.38 bits per heavy atom. The van der Waals surface area contributed by atoms with E-state index in [0.717, 1.165) is 0 Å². The van der Waals surface area contributed by atoms with Crippen LogP contribution in [0.25, 0.3) is 0 Å². The fourth-order valence-electron chi connectivity index (χ4n) is 0.703. The molecule has 1 atom stereocenters. The number of aryl methyl sites for hydroxylation is 1. The highest BCUT2D eigenvalue weighted by Crippen LogP contribution is 2.28. The summed E-state index contributed by atoms with van der Waals surface area (Å²) in [7, 11) is 0. The summed E-state index contributed by atoms with van der Waals surface area (Å²) in [6.45, 7) is 1.97. The maximum Gasteiger partial charge on any atom is 0.415 e. The number of aromatic nitrogens is 2. The number of halogens is 3. The molecule has 1 amide bonds. The topological polar surface area (TPSA) is 94.0 Å². The number of hydrogen-bond donors (Lipinski definition) is 2. The van der Waals surface area contributed by atoms with Gasteiger partial charge in [0.15, 0.2) is 5.54 Å². The summed E-state index contributed by atoms with van der Waals surface area (Å²) in [6, 6.07) is -0.427. The van der Waals surface area contributed by atoms with Crippen LogP contribution in [0.1, 0.15) is 12.8 Å². The Balaban J connectivity index is 2.80. The van der Waals surface area contributed by atoms with Crippen LogP contribution in [0.2, 0.25) is 0 Å². The summed E-state index contributed by atoms with van der Waals surface area (Å²) in [5.41, 5.74) is 1.85. The average Bonchev–Trinajstić information content (AvgIpc) is 2.49. The molecule has 0 aliphatic heterocycles. The molecule has 3 N–H and O–H groups in total. The lowest BCUT2D eigenvalue weighted by atomic mass is 10.0. The van der Waals surface area contributed by atoms with Crippen LogP contribution in [0.4, 0.5) is 19.2 Å². The third-order valence-electron chi connectivity index (χ3n) is 1.81. The van der Waals surface area contributed by atoms with Gasteiger partial charge in [-0.05, 0) is 6.92 Å². The first kappa shape index (κ1) is 12.4. The number of anilines is 1. The number of carbonyl (C=O) groups is 1. The number of nitrogens with zero attached hydrogens (tertiary/aromatic N) is 2. The standard InChI is InChI=1S/C7H9F3N4O2/c1-3-13-14-5(16-3)12-4(15)6(2,11)7(8,9)10/h11H2,1-2H3,(H,12,14,15). The van der Waals surface area contributed by atoms with Gasteiger partial charge in [-0.2, -0.15) is 13.2 Å². The highest BCUT2D eigenvalue weighted by Gasteiger charge is 2.54.